The fourth-order valence-electron chi connectivity index (χ4n) is 2.31. The third-order valence-corrected chi connectivity index (χ3v) is 4.69. The summed E-state index contributed by atoms with van der Waals surface area (Å²) >= 11 is 1.08. The van der Waals surface area contributed by atoms with Crippen LogP contribution in [0.3, 0.4) is 0 Å². The number of halogens is 3. The highest BCUT2D eigenvalue weighted by atomic mass is 32.2. The van der Waals surface area contributed by atoms with Crippen LogP contribution in [-0.4, -0.2) is 28.0 Å². The van der Waals surface area contributed by atoms with Crippen LogP contribution < -0.4 is 5.73 Å². The van der Waals surface area contributed by atoms with Crippen LogP contribution in [0.1, 0.15) is 33.8 Å². The molecule has 27 heavy (non-hydrogen) atoms. The first-order valence-corrected chi connectivity index (χ1v) is 8.40. The molecule has 1 unspecified atom stereocenters. The minimum absolute atomic E-state index is 0.0790. The summed E-state index contributed by atoms with van der Waals surface area (Å²) in [5.74, 6) is -1.19. The highest BCUT2D eigenvalue weighted by Crippen LogP contribution is 2.36. The van der Waals surface area contributed by atoms with E-state index in [0.717, 1.165) is 11.8 Å². The van der Waals surface area contributed by atoms with Crippen LogP contribution >= 0.6 is 11.8 Å². The van der Waals surface area contributed by atoms with Crippen LogP contribution in [0.5, 0.6) is 0 Å². The summed E-state index contributed by atoms with van der Waals surface area (Å²) in [5, 5.41) is 0.272. The van der Waals surface area contributed by atoms with Gasteiger partial charge in [-0.25, -0.2) is 14.8 Å². The first kappa shape index (κ1) is 19.0. The van der Waals surface area contributed by atoms with Crippen molar-refractivity contribution >= 4 is 34.5 Å². The Morgan fingerprint density at radius 3 is 2.70 bits per heavy atom. The molecule has 0 saturated carbocycles. The van der Waals surface area contributed by atoms with Gasteiger partial charge in [0.1, 0.15) is 23.2 Å². The largest absolute Gasteiger partial charge is 0.465 e. The van der Waals surface area contributed by atoms with Gasteiger partial charge in [-0.3, -0.25) is 4.98 Å². The summed E-state index contributed by atoms with van der Waals surface area (Å²) in [6.45, 7) is 1.77. The lowest BCUT2D eigenvalue weighted by molar-refractivity contribution is -0.137. The molecule has 1 atom stereocenters. The smallest absolute Gasteiger partial charge is 0.421 e. The van der Waals surface area contributed by atoms with Gasteiger partial charge in [-0.15, -0.1) is 0 Å². The molecule has 0 radical (unpaired) electrons. The molecule has 0 saturated heterocycles. The van der Waals surface area contributed by atoms with Crippen molar-refractivity contribution in [3.63, 3.8) is 0 Å². The van der Waals surface area contributed by atoms with Crippen molar-refractivity contribution < 1.29 is 27.1 Å². The van der Waals surface area contributed by atoms with Crippen molar-refractivity contribution in [2.75, 3.05) is 12.8 Å². The number of methoxy groups -OCH3 is 1. The number of carbonyl (C=O) groups is 1. The van der Waals surface area contributed by atoms with Crippen molar-refractivity contribution in [1.82, 2.24) is 15.0 Å². The Morgan fingerprint density at radius 1 is 1.33 bits per heavy atom. The molecule has 11 heteroatoms. The maximum Gasteiger partial charge on any atom is 0.421 e. The van der Waals surface area contributed by atoms with Gasteiger partial charge in [-0.1, -0.05) is 11.8 Å². The van der Waals surface area contributed by atoms with E-state index in [1.54, 1.807) is 13.0 Å². The molecule has 0 spiro atoms. The quantitative estimate of drug-likeness (QED) is 0.401. The fraction of sp³-hybridized carbons (Fsp3) is 0.250. The number of esters is 1. The maximum absolute atomic E-state index is 12.7. The number of nitrogens with zero attached hydrogens (tertiary/aromatic N) is 3. The van der Waals surface area contributed by atoms with Gasteiger partial charge in [-0.2, -0.15) is 13.2 Å². The average Bonchev–Trinajstić information content (AvgIpc) is 3.03. The molecule has 3 rings (SSSR count). The third-order valence-electron chi connectivity index (χ3n) is 3.69. The fourth-order valence-corrected chi connectivity index (χ4v) is 3.14. The SMILES string of the molecule is COC(=O)c1coc2cnc(C(C)Sc3ncc(C(F)(F)F)c(N)n3)cc12. The minimum Gasteiger partial charge on any atom is -0.465 e. The second-order valence-electron chi connectivity index (χ2n) is 5.46. The van der Waals surface area contributed by atoms with Gasteiger partial charge in [0.2, 0.25) is 0 Å². The summed E-state index contributed by atoms with van der Waals surface area (Å²) in [5.41, 5.74) is 5.52. The van der Waals surface area contributed by atoms with Crippen molar-refractivity contribution in [3.05, 3.63) is 41.5 Å². The van der Waals surface area contributed by atoms with Crippen molar-refractivity contribution in [2.45, 2.75) is 23.5 Å². The zero-order valence-corrected chi connectivity index (χ0v) is 14.9. The minimum atomic E-state index is -4.61. The molecule has 0 bridgehead atoms. The molecule has 3 heterocycles. The normalized spacial score (nSPS) is 12.9. The molecule has 0 aliphatic heterocycles. The van der Waals surface area contributed by atoms with Gasteiger partial charge in [-0.05, 0) is 13.0 Å². The van der Waals surface area contributed by atoms with Gasteiger partial charge in [0.15, 0.2) is 10.7 Å². The number of nitrogens with two attached hydrogens (primary N) is 1. The van der Waals surface area contributed by atoms with Crippen LogP contribution in [0, 0.1) is 0 Å². The zero-order chi connectivity index (χ0) is 19.8. The summed E-state index contributed by atoms with van der Waals surface area (Å²) in [6.07, 6.45) is -1.23. The number of nitrogen functional groups attached to an aromatic ring is 1. The van der Waals surface area contributed by atoms with Gasteiger partial charge < -0.3 is 14.9 Å². The Morgan fingerprint density at radius 2 is 2.07 bits per heavy atom. The maximum atomic E-state index is 12.7. The lowest BCUT2D eigenvalue weighted by Crippen LogP contribution is -2.11. The number of hydrogen-bond acceptors (Lipinski definition) is 8. The average molecular weight is 398 g/mol. The van der Waals surface area contributed by atoms with E-state index in [9.17, 15) is 18.0 Å². The molecule has 0 aliphatic carbocycles. The van der Waals surface area contributed by atoms with Gasteiger partial charge in [0, 0.05) is 11.6 Å². The van der Waals surface area contributed by atoms with E-state index in [4.69, 9.17) is 14.9 Å². The molecule has 0 amide bonds. The summed E-state index contributed by atoms with van der Waals surface area (Å²) in [7, 11) is 1.26. The molecule has 0 aromatic carbocycles. The Hall–Kier alpha value is -2.82. The lowest BCUT2D eigenvalue weighted by Gasteiger charge is -2.12. The van der Waals surface area contributed by atoms with Crippen molar-refractivity contribution in [2.24, 2.45) is 0 Å². The second-order valence-corrected chi connectivity index (χ2v) is 6.76. The number of fused-ring (bicyclic) bond motifs is 1. The number of alkyl halides is 3. The van der Waals surface area contributed by atoms with Crippen molar-refractivity contribution in [3.8, 4) is 0 Å². The van der Waals surface area contributed by atoms with E-state index in [0.29, 0.717) is 22.9 Å². The number of ether oxygens (including phenoxy) is 1. The number of thioether (sulfide) groups is 1. The first-order chi connectivity index (χ1) is 12.7. The molecule has 2 N–H and O–H groups in total. The summed E-state index contributed by atoms with van der Waals surface area (Å²) in [4.78, 5) is 23.4. The number of pyridine rings is 1. The van der Waals surface area contributed by atoms with E-state index in [-0.39, 0.29) is 16.0 Å². The molecule has 7 nitrogen and oxygen atoms in total. The Kier molecular flexibility index (Phi) is 4.96. The number of furan rings is 1. The van der Waals surface area contributed by atoms with E-state index >= 15 is 0 Å². The van der Waals surface area contributed by atoms with E-state index in [1.807, 2.05) is 0 Å². The Bertz CT molecular complexity index is 1010. The van der Waals surface area contributed by atoms with Gasteiger partial charge in [0.05, 0.1) is 24.3 Å². The monoisotopic (exact) mass is 398 g/mol. The van der Waals surface area contributed by atoms with E-state index < -0.39 is 23.5 Å². The standard InChI is InChI=1S/C16H13F3N4O3S/c1-7(27-15-22-4-10(13(20)23-15)16(17,18)19)11-3-8-9(14(24)25-2)6-26-12(8)5-21-11/h3-7H,1-2H3,(H2,20,22,23). The number of carbonyl (C=O) groups excluding carboxylic acids is 1. The highest BCUT2D eigenvalue weighted by molar-refractivity contribution is 7.99. The van der Waals surface area contributed by atoms with E-state index in [1.165, 1.54) is 19.6 Å². The molecule has 142 valence electrons. The molecular formula is C16H13F3N4O3S. The summed E-state index contributed by atoms with van der Waals surface area (Å²) < 4.78 is 48.2. The molecule has 3 aromatic heterocycles. The van der Waals surface area contributed by atoms with Crippen LogP contribution in [0.15, 0.2) is 34.3 Å². The topological polar surface area (TPSA) is 104 Å². The van der Waals surface area contributed by atoms with Crippen molar-refractivity contribution in [1.29, 1.82) is 0 Å². The highest BCUT2D eigenvalue weighted by Gasteiger charge is 2.34. The van der Waals surface area contributed by atoms with Gasteiger partial charge >= 0.3 is 12.1 Å². The van der Waals surface area contributed by atoms with E-state index in [2.05, 4.69) is 15.0 Å². The van der Waals surface area contributed by atoms with Gasteiger partial charge in [0.25, 0.3) is 0 Å². The lowest BCUT2D eigenvalue weighted by atomic mass is 10.1. The number of rotatable bonds is 4. The molecule has 0 aliphatic rings. The Balaban J connectivity index is 1.87. The number of aromatic nitrogens is 3. The Labute approximate surface area is 155 Å². The molecule has 3 aromatic rings. The number of anilines is 1. The first-order valence-electron chi connectivity index (χ1n) is 7.52. The van der Waals surface area contributed by atoms with Crippen LogP contribution in [0.2, 0.25) is 0 Å². The second kappa shape index (κ2) is 7.06. The van der Waals surface area contributed by atoms with Crippen LogP contribution in [0.25, 0.3) is 11.0 Å². The predicted molar refractivity (Wildman–Crippen MR) is 91.1 cm³/mol. The third kappa shape index (κ3) is 3.82. The zero-order valence-electron chi connectivity index (χ0n) is 14.1. The predicted octanol–water partition coefficient (Wildman–Crippen LogP) is 3.86. The molecule has 0 fully saturated rings. The summed E-state index contributed by atoms with van der Waals surface area (Å²) in [6, 6.07) is 1.65. The number of hydrogen-bond donors (Lipinski definition) is 1. The van der Waals surface area contributed by atoms with Crippen LogP contribution in [-0.2, 0) is 10.9 Å². The van der Waals surface area contributed by atoms with Crippen LogP contribution in [0.4, 0.5) is 19.0 Å². The molecular weight excluding hydrogens is 385 g/mol.